The van der Waals surface area contributed by atoms with Crippen LogP contribution in [-0.2, 0) is 15.0 Å². The predicted molar refractivity (Wildman–Crippen MR) is 136 cm³/mol. The molecule has 0 radical (unpaired) electrons. The highest BCUT2D eigenvalue weighted by molar-refractivity contribution is 7.99. The van der Waals surface area contributed by atoms with Gasteiger partial charge in [-0.25, -0.2) is 9.59 Å². The predicted octanol–water partition coefficient (Wildman–Crippen LogP) is 3.71. The molecule has 3 rings (SSSR count). The monoisotopic (exact) mass is 520 g/mol. The topological polar surface area (TPSA) is 138 Å². The van der Waals surface area contributed by atoms with Gasteiger partial charge in [0.1, 0.15) is 0 Å². The molecule has 35 heavy (non-hydrogen) atoms. The molecule has 3 aromatic rings. The summed E-state index contributed by atoms with van der Waals surface area (Å²) < 4.78 is 2.07. The zero-order valence-corrected chi connectivity index (χ0v) is 21.3. The van der Waals surface area contributed by atoms with E-state index in [0.29, 0.717) is 11.6 Å². The molecule has 188 valence electrons. The van der Waals surface area contributed by atoms with Crippen LogP contribution in [0, 0.1) is 0 Å². The molecule has 0 amide bonds. The van der Waals surface area contributed by atoms with Crippen LogP contribution in [0.2, 0.25) is 5.02 Å². The number of carboxylic acids is 2. The Balaban J connectivity index is 0.000000641. The highest BCUT2D eigenvalue weighted by Crippen LogP contribution is 2.30. The van der Waals surface area contributed by atoms with E-state index in [1.54, 1.807) is 11.8 Å². The quantitative estimate of drug-likeness (QED) is 0.199. The number of aromatic nitrogens is 3. The molecule has 0 saturated heterocycles. The summed E-state index contributed by atoms with van der Waals surface area (Å²) in [6.07, 6.45) is 0. The summed E-state index contributed by atoms with van der Waals surface area (Å²) in [5.41, 5.74) is 3.37. The summed E-state index contributed by atoms with van der Waals surface area (Å²) >= 11 is 7.72. The summed E-state index contributed by atoms with van der Waals surface area (Å²) in [7, 11) is 0. The normalized spacial score (nSPS) is 11.0. The molecule has 1 heterocycles. The second-order valence-electron chi connectivity index (χ2n) is 8.38. The summed E-state index contributed by atoms with van der Waals surface area (Å²) in [5.74, 6) is -2.02. The van der Waals surface area contributed by atoms with Gasteiger partial charge in [0.05, 0.1) is 6.61 Å². The Hall–Kier alpha value is -2.92. The first kappa shape index (κ1) is 28.3. The molecule has 0 atom stereocenters. The number of benzene rings is 2. The number of hydrogen-bond donors (Lipinski definition) is 4. The van der Waals surface area contributed by atoms with Crippen LogP contribution in [0.3, 0.4) is 0 Å². The van der Waals surface area contributed by atoms with Crippen molar-refractivity contribution < 1.29 is 24.9 Å². The van der Waals surface area contributed by atoms with E-state index in [1.165, 1.54) is 5.56 Å². The van der Waals surface area contributed by atoms with Crippen molar-refractivity contribution in [3.05, 3.63) is 59.1 Å². The molecule has 4 N–H and O–H groups in total. The van der Waals surface area contributed by atoms with Gasteiger partial charge in [-0.15, -0.1) is 10.2 Å². The number of aliphatic carboxylic acids is 2. The van der Waals surface area contributed by atoms with Gasteiger partial charge in [-0.1, -0.05) is 68.4 Å². The van der Waals surface area contributed by atoms with E-state index in [1.807, 2.05) is 24.3 Å². The highest BCUT2D eigenvalue weighted by Gasteiger charge is 2.18. The average Bonchev–Trinajstić information content (AvgIpc) is 3.23. The number of halogens is 1. The van der Waals surface area contributed by atoms with Crippen molar-refractivity contribution in [2.75, 3.05) is 25.4 Å². The van der Waals surface area contributed by atoms with Gasteiger partial charge in [-0.05, 0) is 35.2 Å². The van der Waals surface area contributed by atoms with Crippen LogP contribution in [0.4, 0.5) is 0 Å². The minimum atomic E-state index is -1.82. The highest BCUT2D eigenvalue weighted by atomic mass is 35.5. The first-order valence-corrected chi connectivity index (χ1v) is 12.1. The second-order valence-corrected chi connectivity index (χ2v) is 9.88. The van der Waals surface area contributed by atoms with Crippen LogP contribution >= 0.6 is 23.4 Å². The lowest BCUT2D eigenvalue weighted by Gasteiger charge is -2.19. The summed E-state index contributed by atoms with van der Waals surface area (Å²) in [6, 6.07) is 16.2. The molecular formula is C24H29ClN4O5S. The van der Waals surface area contributed by atoms with Crippen LogP contribution in [0.15, 0.2) is 53.7 Å². The van der Waals surface area contributed by atoms with Crippen molar-refractivity contribution in [2.45, 2.75) is 31.3 Å². The van der Waals surface area contributed by atoms with Gasteiger partial charge in [0.15, 0.2) is 11.0 Å². The Morgan fingerprint density at radius 1 is 0.971 bits per heavy atom. The zero-order chi connectivity index (χ0) is 26.0. The Bertz CT molecular complexity index is 1100. The van der Waals surface area contributed by atoms with Gasteiger partial charge in [-0.2, -0.15) is 0 Å². The number of aliphatic hydroxyl groups is 1. The van der Waals surface area contributed by atoms with E-state index >= 15 is 0 Å². The van der Waals surface area contributed by atoms with Crippen molar-refractivity contribution in [3.8, 4) is 17.1 Å². The fraction of sp³-hybridized carbons (Fsp3) is 0.333. The van der Waals surface area contributed by atoms with Gasteiger partial charge in [-0.3, -0.25) is 4.57 Å². The second kappa shape index (κ2) is 13.2. The summed E-state index contributed by atoms with van der Waals surface area (Å²) in [5, 5.41) is 37.3. The van der Waals surface area contributed by atoms with Crippen molar-refractivity contribution in [1.29, 1.82) is 0 Å². The lowest BCUT2D eigenvalue weighted by Crippen LogP contribution is -2.20. The number of nitrogens with zero attached hydrogens (tertiary/aromatic N) is 3. The van der Waals surface area contributed by atoms with E-state index in [4.69, 9.17) is 36.5 Å². The lowest BCUT2D eigenvalue weighted by molar-refractivity contribution is -0.159. The molecule has 0 aliphatic heterocycles. The van der Waals surface area contributed by atoms with Gasteiger partial charge < -0.3 is 20.6 Å². The fourth-order valence-corrected chi connectivity index (χ4v) is 3.89. The number of thioether (sulfide) groups is 1. The number of hydrogen-bond acceptors (Lipinski definition) is 7. The Labute approximate surface area is 213 Å². The molecule has 11 heteroatoms. The van der Waals surface area contributed by atoms with Crippen LogP contribution in [0.1, 0.15) is 26.3 Å². The standard InChI is InChI=1S/C22H27ClN4OS.C2H2O4/c1-22(2,3)17-6-4-16(5-7-17)20-25-26-21(29-15-13-24-12-14-28)27(20)19-10-8-18(23)9-11-19;3-1(4)2(5)6/h4-11,24,28H,12-15H2,1-3H3;(H,3,4)(H,5,6). The molecule has 1 aromatic heterocycles. The van der Waals surface area contributed by atoms with Gasteiger partial charge in [0, 0.05) is 35.1 Å². The van der Waals surface area contributed by atoms with Crippen LogP contribution in [0.25, 0.3) is 17.1 Å². The Morgan fingerprint density at radius 2 is 1.57 bits per heavy atom. The lowest BCUT2D eigenvalue weighted by atomic mass is 9.87. The van der Waals surface area contributed by atoms with Gasteiger partial charge in [0.25, 0.3) is 0 Å². The molecule has 0 aliphatic rings. The molecule has 0 bridgehead atoms. The molecule has 0 saturated carbocycles. The van der Waals surface area contributed by atoms with Crippen LogP contribution < -0.4 is 5.32 Å². The number of aliphatic hydroxyl groups excluding tert-OH is 1. The Kier molecular flexibility index (Phi) is 10.7. The van der Waals surface area contributed by atoms with Crippen molar-refractivity contribution in [1.82, 2.24) is 20.1 Å². The molecular weight excluding hydrogens is 492 g/mol. The maximum Gasteiger partial charge on any atom is 0.414 e. The van der Waals surface area contributed by atoms with E-state index in [0.717, 1.165) is 34.5 Å². The molecule has 0 fully saturated rings. The van der Waals surface area contributed by atoms with E-state index < -0.39 is 11.9 Å². The fourth-order valence-electron chi connectivity index (χ4n) is 2.91. The third-order valence-corrected chi connectivity index (χ3v) is 5.89. The maximum atomic E-state index is 9.10. The average molecular weight is 521 g/mol. The van der Waals surface area contributed by atoms with Crippen molar-refractivity contribution >= 4 is 35.3 Å². The zero-order valence-electron chi connectivity index (χ0n) is 19.7. The first-order chi connectivity index (χ1) is 16.5. The smallest absolute Gasteiger partial charge is 0.414 e. The minimum absolute atomic E-state index is 0.102. The molecule has 0 aliphatic carbocycles. The van der Waals surface area contributed by atoms with Gasteiger partial charge >= 0.3 is 11.9 Å². The number of carboxylic acid groups (broad SMARTS) is 2. The number of nitrogens with one attached hydrogen (secondary N) is 1. The van der Waals surface area contributed by atoms with Crippen LogP contribution in [0.5, 0.6) is 0 Å². The first-order valence-electron chi connectivity index (χ1n) is 10.8. The maximum absolute atomic E-state index is 9.10. The van der Waals surface area contributed by atoms with Crippen molar-refractivity contribution in [2.24, 2.45) is 0 Å². The number of carbonyl (C=O) groups is 2. The van der Waals surface area contributed by atoms with Gasteiger partial charge in [0.2, 0.25) is 0 Å². The van der Waals surface area contributed by atoms with Crippen molar-refractivity contribution in [3.63, 3.8) is 0 Å². The number of rotatable bonds is 8. The Morgan fingerprint density at radius 3 is 2.09 bits per heavy atom. The van der Waals surface area contributed by atoms with Crippen LogP contribution in [-0.4, -0.2) is 67.5 Å². The third-order valence-electron chi connectivity index (χ3n) is 4.71. The summed E-state index contributed by atoms with van der Waals surface area (Å²) in [6.45, 7) is 8.14. The summed E-state index contributed by atoms with van der Waals surface area (Å²) in [4.78, 5) is 18.2. The SMILES string of the molecule is CC(C)(C)c1ccc(-c2nnc(SCCNCCO)n2-c2ccc(Cl)cc2)cc1.O=C(O)C(=O)O. The molecule has 2 aromatic carbocycles. The molecule has 9 nitrogen and oxygen atoms in total. The molecule has 0 unspecified atom stereocenters. The third kappa shape index (κ3) is 8.66. The largest absolute Gasteiger partial charge is 0.473 e. The van der Waals surface area contributed by atoms with E-state index in [9.17, 15) is 0 Å². The van der Waals surface area contributed by atoms with E-state index in [2.05, 4.69) is 65.1 Å². The molecule has 0 spiro atoms. The minimum Gasteiger partial charge on any atom is -0.473 e. The van der Waals surface area contributed by atoms with E-state index in [-0.39, 0.29) is 12.0 Å².